The number of aliphatic hydroxyl groups is 2. The van der Waals surface area contributed by atoms with Crippen molar-refractivity contribution in [1.82, 2.24) is 9.55 Å². The zero-order chi connectivity index (χ0) is 29.5. The number of amides is 1. The second kappa shape index (κ2) is 13.3. The van der Waals surface area contributed by atoms with Crippen molar-refractivity contribution in [2.75, 3.05) is 5.32 Å². The van der Waals surface area contributed by atoms with Crippen LogP contribution in [0.1, 0.15) is 55.1 Å². The van der Waals surface area contributed by atoms with Crippen molar-refractivity contribution in [2.45, 2.75) is 57.8 Å². The number of aromatic nitrogens is 2. The maximum atomic E-state index is 14.0. The quantitative estimate of drug-likeness (QED) is 0.176. The Bertz CT molecular complexity index is 1470. The van der Waals surface area contributed by atoms with Crippen molar-refractivity contribution in [3.8, 4) is 22.5 Å². The fraction of sp³-hybridized carbons (Fsp3) is 0.281. The number of halogens is 1. The topological polar surface area (TPSA) is 125 Å². The normalized spacial score (nSPS) is 12.7. The molecule has 4 rings (SSSR count). The van der Waals surface area contributed by atoms with E-state index in [0.29, 0.717) is 39.5 Å². The summed E-state index contributed by atoms with van der Waals surface area (Å²) in [5.74, 6) is -2.02. The fourth-order valence-corrected chi connectivity index (χ4v) is 5.08. The third kappa shape index (κ3) is 7.25. The lowest BCUT2D eigenvalue weighted by atomic mass is 9.97. The Balaban J connectivity index is 1.89. The third-order valence-electron chi connectivity index (χ3n) is 6.79. The lowest BCUT2D eigenvalue weighted by Gasteiger charge is -2.20. The first kappa shape index (κ1) is 29.6. The van der Waals surface area contributed by atoms with Gasteiger partial charge in [0.1, 0.15) is 5.82 Å². The van der Waals surface area contributed by atoms with Gasteiger partial charge in [0.05, 0.1) is 35.6 Å². The number of rotatable bonds is 12. The van der Waals surface area contributed by atoms with Crippen LogP contribution in [-0.2, 0) is 11.3 Å². The van der Waals surface area contributed by atoms with Crippen LogP contribution < -0.4 is 5.32 Å². The van der Waals surface area contributed by atoms with Gasteiger partial charge in [0.2, 0.25) is 0 Å². The minimum absolute atomic E-state index is 0.106. The summed E-state index contributed by atoms with van der Waals surface area (Å²) in [4.78, 5) is 29.6. The molecule has 2 aromatic heterocycles. The summed E-state index contributed by atoms with van der Waals surface area (Å²) < 4.78 is 15.9. The number of carbonyl (C=O) groups excluding carboxylic acids is 1. The van der Waals surface area contributed by atoms with Crippen LogP contribution >= 0.6 is 0 Å². The van der Waals surface area contributed by atoms with Gasteiger partial charge in [0.15, 0.2) is 0 Å². The summed E-state index contributed by atoms with van der Waals surface area (Å²) in [6, 6.07) is 20.5. The summed E-state index contributed by atoms with van der Waals surface area (Å²) in [6.45, 7) is 4.18. The molecule has 2 heterocycles. The molecule has 0 radical (unpaired) electrons. The fourth-order valence-electron chi connectivity index (χ4n) is 5.08. The van der Waals surface area contributed by atoms with E-state index in [1.54, 1.807) is 36.5 Å². The Morgan fingerprint density at radius 3 is 2.24 bits per heavy atom. The number of nitrogens with one attached hydrogen (secondary N) is 1. The van der Waals surface area contributed by atoms with Crippen molar-refractivity contribution < 1.29 is 29.3 Å². The number of aliphatic carboxylic acids is 1. The Hall–Kier alpha value is -4.34. The van der Waals surface area contributed by atoms with E-state index in [0.717, 1.165) is 0 Å². The molecule has 41 heavy (non-hydrogen) atoms. The Morgan fingerprint density at radius 2 is 1.63 bits per heavy atom. The second-order valence-electron chi connectivity index (χ2n) is 10.3. The van der Waals surface area contributed by atoms with E-state index in [-0.39, 0.29) is 31.2 Å². The van der Waals surface area contributed by atoms with Gasteiger partial charge in [0.25, 0.3) is 5.91 Å². The van der Waals surface area contributed by atoms with Crippen molar-refractivity contribution in [3.63, 3.8) is 0 Å². The molecule has 4 aromatic rings. The highest BCUT2D eigenvalue weighted by molar-refractivity contribution is 6.12. The summed E-state index contributed by atoms with van der Waals surface area (Å²) in [5.41, 5.74) is 4.19. The van der Waals surface area contributed by atoms with E-state index < -0.39 is 30.4 Å². The lowest BCUT2D eigenvalue weighted by molar-refractivity contribution is -0.139. The number of hydrogen-bond acceptors (Lipinski definition) is 5. The summed E-state index contributed by atoms with van der Waals surface area (Å²) >= 11 is 0. The molecule has 0 aliphatic heterocycles. The average molecular weight is 560 g/mol. The van der Waals surface area contributed by atoms with Gasteiger partial charge >= 0.3 is 5.97 Å². The number of hydrogen-bond donors (Lipinski definition) is 4. The van der Waals surface area contributed by atoms with Gasteiger partial charge in [-0.25, -0.2) is 4.39 Å². The Labute approximate surface area is 238 Å². The van der Waals surface area contributed by atoms with Crippen LogP contribution in [-0.4, -0.2) is 49.0 Å². The molecule has 1 amide bonds. The molecule has 0 bridgehead atoms. The molecule has 0 unspecified atom stereocenters. The highest BCUT2D eigenvalue weighted by Gasteiger charge is 2.31. The minimum Gasteiger partial charge on any atom is -0.481 e. The summed E-state index contributed by atoms with van der Waals surface area (Å²) in [5, 5.41) is 32.7. The zero-order valence-electron chi connectivity index (χ0n) is 23.0. The van der Waals surface area contributed by atoms with Crippen LogP contribution in [0.25, 0.3) is 22.5 Å². The van der Waals surface area contributed by atoms with E-state index >= 15 is 0 Å². The number of benzene rings is 2. The van der Waals surface area contributed by atoms with Crippen molar-refractivity contribution in [2.24, 2.45) is 0 Å². The highest BCUT2D eigenvalue weighted by Crippen LogP contribution is 2.42. The molecule has 0 aliphatic rings. The SMILES string of the molecule is CC(C)c1c(C(=O)Nc2ccccc2)c(-c2ccccn2)c(-c2ccc(F)cc2)n1CC[C@@H](O)C[C@@H](O)CC(=O)O. The van der Waals surface area contributed by atoms with Crippen LogP contribution in [0.4, 0.5) is 10.1 Å². The van der Waals surface area contributed by atoms with E-state index in [1.165, 1.54) is 12.1 Å². The van der Waals surface area contributed by atoms with Crippen LogP contribution in [0.3, 0.4) is 0 Å². The first-order valence-corrected chi connectivity index (χ1v) is 13.5. The number of carbonyl (C=O) groups is 2. The molecule has 2 atom stereocenters. The second-order valence-corrected chi connectivity index (χ2v) is 10.3. The van der Waals surface area contributed by atoms with E-state index in [1.807, 2.05) is 48.7 Å². The Kier molecular flexibility index (Phi) is 9.65. The number of nitrogens with zero attached hydrogens (tertiary/aromatic N) is 2. The average Bonchev–Trinajstić information content (AvgIpc) is 3.28. The number of para-hydroxylation sites is 1. The van der Waals surface area contributed by atoms with Crippen LogP contribution in [0.5, 0.6) is 0 Å². The van der Waals surface area contributed by atoms with Crippen LogP contribution in [0.15, 0.2) is 79.0 Å². The van der Waals surface area contributed by atoms with Gasteiger partial charge in [0, 0.05) is 29.7 Å². The Morgan fingerprint density at radius 1 is 0.951 bits per heavy atom. The summed E-state index contributed by atoms with van der Waals surface area (Å²) in [7, 11) is 0. The van der Waals surface area contributed by atoms with Gasteiger partial charge in [-0.1, -0.05) is 38.1 Å². The molecule has 4 N–H and O–H groups in total. The maximum Gasteiger partial charge on any atom is 0.305 e. The van der Waals surface area contributed by atoms with Crippen molar-refractivity contribution >= 4 is 17.6 Å². The maximum absolute atomic E-state index is 14.0. The van der Waals surface area contributed by atoms with Crippen molar-refractivity contribution in [3.05, 3.63) is 96.1 Å². The lowest BCUT2D eigenvalue weighted by Crippen LogP contribution is -2.22. The molecule has 2 aromatic carbocycles. The molecule has 0 spiro atoms. The predicted octanol–water partition coefficient (Wildman–Crippen LogP) is 5.71. The van der Waals surface area contributed by atoms with Crippen molar-refractivity contribution in [1.29, 1.82) is 0 Å². The van der Waals surface area contributed by atoms with Gasteiger partial charge in [-0.3, -0.25) is 14.6 Å². The highest BCUT2D eigenvalue weighted by atomic mass is 19.1. The monoisotopic (exact) mass is 559 g/mol. The molecular weight excluding hydrogens is 525 g/mol. The van der Waals surface area contributed by atoms with E-state index in [9.17, 15) is 24.2 Å². The molecule has 0 aliphatic carbocycles. The first-order chi connectivity index (χ1) is 19.7. The number of pyridine rings is 1. The van der Waals surface area contributed by atoms with E-state index in [4.69, 9.17) is 5.11 Å². The largest absolute Gasteiger partial charge is 0.481 e. The number of aliphatic hydroxyl groups excluding tert-OH is 2. The van der Waals surface area contributed by atoms with Gasteiger partial charge in [-0.05, 0) is 72.9 Å². The zero-order valence-corrected chi connectivity index (χ0v) is 23.0. The predicted molar refractivity (Wildman–Crippen MR) is 155 cm³/mol. The van der Waals surface area contributed by atoms with Gasteiger partial charge in [-0.2, -0.15) is 0 Å². The standard InChI is InChI=1S/C32H34FN3O5/c1-20(2)30-29(32(41)35-23-8-4-3-5-9-23)28(26-10-6-7-16-34-26)31(21-11-13-22(33)14-12-21)36(30)17-15-24(37)18-25(38)19-27(39)40/h3-14,16,20,24-25,37-38H,15,17-19H2,1-2H3,(H,35,41)(H,39,40)/t24-,25-/m1/s1. The molecule has 0 saturated carbocycles. The molecule has 9 heteroatoms. The molecule has 0 fully saturated rings. The van der Waals surface area contributed by atoms with Gasteiger partial charge in [-0.15, -0.1) is 0 Å². The molecule has 214 valence electrons. The van der Waals surface area contributed by atoms with Gasteiger partial charge < -0.3 is 25.2 Å². The van der Waals surface area contributed by atoms with Crippen LogP contribution in [0, 0.1) is 5.82 Å². The molecule has 0 saturated heterocycles. The molecular formula is C32H34FN3O5. The number of carboxylic acids is 1. The first-order valence-electron chi connectivity index (χ1n) is 13.5. The number of carboxylic acid groups (broad SMARTS) is 1. The third-order valence-corrected chi connectivity index (χ3v) is 6.79. The summed E-state index contributed by atoms with van der Waals surface area (Å²) in [6.07, 6.45) is -0.933. The van der Waals surface area contributed by atoms with E-state index in [2.05, 4.69) is 10.3 Å². The molecule has 8 nitrogen and oxygen atoms in total. The van der Waals surface area contributed by atoms with Crippen LogP contribution in [0.2, 0.25) is 0 Å². The number of anilines is 1. The smallest absolute Gasteiger partial charge is 0.305 e. The minimum atomic E-state index is -1.19.